The Kier molecular flexibility index (Phi) is 3.40. The second kappa shape index (κ2) is 4.83. The maximum Gasteiger partial charge on any atom is 0.215 e. The number of thiazole rings is 1. The van der Waals surface area contributed by atoms with Gasteiger partial charge in [0.2, 0.25) is 5.78 Å². The van der Waals surface area contributed by atoms with Gasteiger partial charge in [-0.3, -0.25) is 4.79 Å². The smallest absolute Gasteiger partial charge is 0.215 e. The number of rotatable bonds is 3. The molecule has 5 nitrogen and oxygen atoms in total. The zero-order chi connectivity index (χ0) is 13.3. The maximum atomic E-state index is 12.2. The Morgan fingerprint density at radius 2 is 2.22 bits per heavy atom. The molecule has 6 heteroatoms. The summed E-state index contributed by atoms with van der Waals surface area (Å²) in [6.07, 6.45) is 1.63. The first-order valence-electron chi connectivity index (χ1n) is 5.47. The van der Waals surface area contributed by atoms with Crippen molar-refractivity contribution in [2.75, 3.05) is 5.73 Å². The second-order valence-electron chi connectivity index (χ2n) is 4.13. The van der Waals surface area contributed by atoms with E-state index in [2.05, 4.69) is 9.97 Å². The van der Waals surface area contributed by atoms with Crippen LogP contribution >= 0.6 is 11.3 Å². The molecule has 94 valence electrons. The first-order chi connectivity index (χ1) is 8.49. The number of anilines is 1. The topological polar surface area (TPSA) is 94.9 Å². The van der Waals surface area contributed by atoms with Gasteiger partial charge in [-0.25, -0.2) is 9.97 Å². The highest BCUT2D eigenvalue weighted by atomic mass is 32.1. The van der Waals surface area contributed by atoms with E-state index in [0.717, 1.165) is 10.6 Å². The van der Waals surface area contributed by atoms with Crippen molar-refractivity contribution in [3.8, 4) is 0 Å². The molecule has 1 unspecified atom stereocenters. The van der Waals surface area contributed by atoms with Crippen molar-refractivity contribution in [2.24, 2.45) is 5.73 Å². The molecular formula is C12H14N4OS. The van der Waals surface area contributed by atoms with Gasteiger partial charge in [-0.1, -0.05) is 0 Å². The summed E-state index contributed by atoms with van der Waals surface area (Å²) in [7, 11) is 0. The summed E-state index contributed by atoms with van der Waals surface area (Å²) in [6, 6.07) is 1.54. The number of hydrogen-bond donors (Lipinski definition) is 2. The lowest BCUT2D eigenvalue weighted by Crippen LogP contribution is -2.09. The Bertz CT molecular complexity index is 592. The van der Waals surface area contributed by atoms with Gasteiger partial charge in [0.1, 0.15) is 16.5 Å². The van der Waals surface area contributed by atoms with Crippen LogP contribution in [0.2, 0.25) is 0 Å². The van der Waals surface area contributed by atoms with Crippen LogP contribution in [0.25, 0.3) is 0 Å². The number of aryl methyl sites for hydroxylation is 1. The van der Waals surface area contributed by atoms with Crippen molar-refractivity contribution in [3.05, 3.63) is 39.5 Å². The molecule has 4 N–H and O–H groups in total. The Balaban J connectivity index is 2.38. The lowest BCUT2D eigenvalue weighted by molar-refractivity contribution is 0.103. The molecule has 0 fully saturated rings. The quantitative estimate of drug-likeness (QED) is 0.820. The number of pyridine rings is 1. The SMILES string of the molecule is Cc1cnc(N)c(C(=O)c2csc(C(C)N)n2)c1. The number of carbonyl (C=O) groups excluding carboxylic acids is 1. The van der Waals surface area contributed by atoms with E-state index >= 15 is 0 Å². The lowest BCUT2D eigenvalue weighted by atomic mass is 10.1. The summed E-state index contributed by atoms with van der Waals surface area (Å²) >= 11 is 1.37. The van der Waals surface area contributed by atoms with E-state index in [9.17, 15) is 4.79 Å². The number of nitrogens with two attached hydrogens (primary N) is 2. The average molecular weight is 262 g/mol. The minimum atomic E-state index is -0.216. The van der Waals surface area contributed by atoms with Gasteiger partial charge in [0, 0.05) is 11.6 Å². The fourth-order valence-electron chi connectivity index (χ4n) is 1.50. The van der Waals surface area contributed by atoms with Crippen LogP contribution in [-0.4, -0.2) is 15.8 Å². The zero-order valence-corrected chi connectivity index (χ0v) is 11.0. The van der Waals surface area contributed by atoms with Gasteiger partial charge in [0.25, 0.3) is 0 Å². The molecule has 0 aliphatic heterocycles. The van der Waals surface area contributed by atoms with Gasteiger partial charge < -0.3 is 11.5 Å². The van der Waals surface area contributed by atoms with Gasteiger partial charge in [-0.05, 0) is 25.5 Å². The van der Waals surface area contributed by atoms with E-state index in [0.29, 0.717) is 11.3 Å². The van der Waals surface area contributed by atoms with Crippen LogP contribution in [0.5, 0.6) is 0 Å². The normalized spacial score (nSPS) is 12.4. The largest absolute Gasteiger partial charge is 0.383 e. The van der Waals surface area contributed by atoms with E-state index in [-0.39, 0.29) is 17.6 Å². The molecule has 0 radical (unpaired) electrons. The predicted octanol–water partition coefficient (Wildman–Crippen LogP) is 1.68. The number of hydrogen-bond acceptors (Lipinski definition) is 6. The third kappa shape index (κ3) is 2.39. The van der Waals surface area contributed by atoms with Crippen LogP contribution < -0.4 is 11.5 Å². The number of nitrogens with zero attached hydrogens (tertiary/aromatic N) is 2. The molecule has 0 saturated heterocycles. The Labute approximate surface area is 109 Å². The van der Waals surface area contributed by atoms with Crippen molar-refractivity contribution >= 4 is 22.9 Å². The first kappa shape index (κ1) is 12.7. The highest BCUT2D eigenvalue weighted by Crippen LogP contribution is 2.20. The highest BCUT2D eigenvalue weighted by molar-refractivity contribution is 7.09. The van der Waals surface area contributed by atoms with Gasteiger partial charge in [-0.2, -0.15) is 0 Å². The molecule has 0 aromatic carbocycles. The number of nitrogen functional groups attached to an aromatic ring is 1. The van der Waals surface area contributed by atoms with E-state index < -0.39 is 0 Å². The van der Waals surface area contributed by atoms with Gasteiger partial charge in [-0.15, -0.1) is 11.3 Å². The maximum absolute atomic E-state index is 12.2. The number of carbonyl (C=O) groups is 1. The summed E-state index contributed by atoms with van der Waals surface area (Å²) in [5, 5.41) is 2.43. The monoisotopic (exact) mass is 262 g/mol. The molecular weight excluding hydrogens is 248 g/mol. The van der Waals surface area contributed by atoms with Crippen molar-refractivity contribution in [3.63, 3.8) is 0 Å². The standard InChI is InChI=1S/C12H14N4OS/c1-6-3-8(11(14)15-4-6)10(17)9-5-18-12(16-9)7(2)13/h3-5,7H,13H2,1-2H3,(H2,14,15). The third-order valence-electron chi connectivity index (χ3n) is 2.44. The molecule has 0 aliphatic rings. The molecule has 2 rings (SSSR count). The van der Waals surface area contributed by atoms with Gasteiger partial charge in [0.15, 0.2) is 0 Å². The third-order valence-corrected chi connectivity index (χ3v) is 3.49. The van der Waals surface area contributed by atoms with E-state index in [1.54, 1.807) is 17.6 Å². The summed E-state index contributed by atoms with van der Waals surface area (Å²) in [4.78, 5) is 20.4. The molecule has 2 aromatic rings. The zero-order valence-electron chi connectivity index (χ0n) is 10.2. The molecule has 2 aromatic heterocycles. The molecule has 0 amide bonds. The van der Waals surface area contributed by atoms with Crippen LogP contribution in [0.1, 0.15) is 39.6 Å². The van der Waals surface area contributed by atoms with Crippen LogP contribution in [0.15, 0.2) is 17.6 Å². The summed E-state index contributed by atoms with van der Waals surface area (Å²) in [5.41, 5.74) is 13.1. The van der Waals surface area contributed by atoms with Crippen molar-refractivity contribution < 1.29 is 4.79 Å². The molecule has 0 aliphatic carbocycles. The minimum absolute atomic E-state index is 0.176. The van der Waals surface area contributed by atoms with Crippen LogP contribution in [-0.2, 0) is 0 Å². The average Bonchev–Trinajstić information content (AvgIpc) is 2.81. The van der Waals surface area contributed by atoms with Crippen molar-refractivity contribution in [2.45, 2.75) is 19.9 Å². The summed E-state index contributed by atoms with van der Waals surface area (Å²) in [6.45, 7) is 3.69. The van der Waals surface area contributed by atoms with E-state index in [1.165, 1.54) is 11.3 Å². The highest BCUT2D eigenvalue weighted by Gasteiger charge is 2.17. The van der Waals surface area contributed by atoms with E-state index in [1.807, 2.05) is 13.8 Å². The molecule has 2 heterocycles. The molecule has 0 bridgehead atoms. The lowest BCUT2D eigenvalue weighted by Gasteiger charge is -2.03. The van der Waals surface area contributed by atoms with E-state index in [4.69, 9.17) is 11.5 Å². The molecule has 0 spiro atoms. The van der Waals surface area contributed by atoms with Gasteiger partial charge in [0.05, 0.1) is 11.6 Å². The molecule has 18 heavy (non-hydrogen) atoms. The molecule has 1 atom stereocenters. The molecule has 0 saturated carbocycles. The summed E-state index contributed by atoms with van der Waals surface area (Å²) < 4.78 is 0. The van der Waals surface area contributed by atoms with Crippen LogP contribution in [0, 0.1) is 6.92 Å². The van der Waals surface area contributed by atoms with Crippen LogP contribution in [0.3, 0.4) is 0 Å². The Hall–Kier alpha value is -1.79. The summed E-state index contributed by atoms with van der Waals surface area (Å²) in [5.74, 6) is 0.00722. The second-order valence-corrected chi connectivity index (χ2v) is 5.02. The predicted molar refractivity (Wildman–Crippen MR) is 71.5 cm³/mol. The fourth-order valence-corrected chi connectivity index (χ4v) is 2.26. The van der Waals surface area contributed by atoms with Crippen molar-refractivity contribution in [1.29, 1.82) is 0 Å². The first-order valence-corrected chi connectivity index (χ1v) is 6.35. The van der Waals surface area contributed by atoms with Gasteiger partial charge >= 0.3 is 0 Å². The Morgan fingerprint density at radius 3 is 2.83 bits per heavy atom. The Morgan fingerprint density at radius 1 is 1.50 bits per heavy atom. The number of ketones is 1. The fraction of sp³-hybridized carbons (Fsp3) is 0.250. The number of aromatic nitrogens is 2. The van der Waals surface area contributed by atoms with Crippen LogP contribution in [0.4, 0.5) is 5.82 Å². The van der Waals surface area contributed by atoms with Crippen molar-refractivity contribution in [1.82, 2.24) is 9.97 Å². The minimum Gasteiger partial charge on any atom is -0.383 e.